The average molecular weight is 404 g/mol. The van der Waals surface area contributed by atoms with Crippen molar-refractivity contribution in [3.63, 3.8) is 0 Å². The molecule has 0 atom stereocenters. The molecule has 0 aliphatic rings. The first-order valence-corrected chi connectivity index (χ1v) is 13.5. The predicted molar refractivity (Wildman–Crippen MR) is 121 cm³/mol. The third-order valence-electron chi connectivity index (χ3n) is 5.62. The highest BCUT2D eigenvalue weighted by atomic mass is 28.4. The van der Waals surface area contributed by atoms with Gasteiger partial charge in [0.1, 0.15) is 0 Å². The van der Waals surface area contributed by atoms with Crippen molar-refractivity contribution < 1.29 is 8.85 Å². The highest BCUT2D eigenvalue weighted by Gasteiger charge is 2.35. The Morgan fingerprint density at radius 1 is 0.593 bits per heavy atom. The van der Waals surface area contributed by atoms with Crippen molar-refractivity contribution >= 4 is 8.56 Å². The maximum absolute atomic E-state index is 5.90. The molecule has 5 nitrogen and oxygen atoms in total. The van der Waals surface area contributed by atoms with Crippen molar-refractivity contribution in [1.29, 1.82) is 0 Å². The van der Waals surface area contributed by atoms with Gasteiger partial charge in [0.25, 0.3) is 0 Å². The lowest BCUT2D eigenvalue weighted by Crippen LogP contribution is -2.51. The van der Waals surface area contributed by atoms with Gasteiger partial charge >= 0.3 is 8.56 Å². The Morgan fingerprint density at radius 2 is 1.00 bits per heavy atom. The van der Waals surface area contributed by atoms with Crippen LogP contribution in [0.15, 0.2) is 0 Å². The molecule has 0 spiro atoms. The summed E-state index contributed by atoms with van der Waals surface area (Å²) < 4.78 is 11.8. The van der Waals surface area contributed by atoms with E-state index < -0.39 is 8.56 Å². The number of hydrogen-bond acceptors (Lipinski definition) is 5. The fourth-order valence-electron chi connectivity index (χ4n) is 3.75. The molecule has 0 aromatic carbocycles. The van der Waals surface area contributed by atoms with E-state index in [0.717, 1.165) is 38.4 Å². The minimum absolute atomic E-state index is 0.982. The summed E-state index contributed by atoms with van der Waals surface area (Å²) in [5.41, 5.74) is 0. The lowest BCUT2D eigenvalue weighted by molar-refractivity contribution is 0.186. The van der Waals surface area contributed by atoms with E-state index in [2.05, 4.69) is 49.3 Å². The molecule has 6 heteroatoms. The van der Waals surface area contributed by atoms with Crippen LogP contribution in [0.25, 0.3) is 0 Å². The van der Waals surface area contributed by atoms with Crippen LogP contribution < -0.4 is 0 Å². The minimum Gasteiger partial charge on any atom is -0.397 e. The van der Waals surface area contributed by atoms with Crippen LogP contribution in [0.5, 0.6) is 0 Å². The van der Waals surface area contributed by atoms with Gasteiger partial charge < -0.3 is 23.6 Å². The predicted octanol–water partition coefficient (Wildman–Crippen LogP) is 3.83. The minimum atomic E-state index is -2.08. The molecule has 0 aliphatic carbocycles. The van der Waals surface area contributed by atoms with E-state index in [1.165, 1.54) is 51.9 Å². The maximum Gasteiger partial charge on any atom is 0.351 e. The summed E-state index contributed by atoms with van der Waals surface area (Å²) in [5, 5.41) is 0. The normalized spacial score (nSPS) is 12.7. The lowest BCUT2D eigenvalue weighted by Gasteiger charge is -2.33. The topological polar surface area (TPSA) is 28.2 Å². The molecule has 0 radical (unpaired) electrons. The molecule has 0 saturated carbocycles. The molecule has 0 rings (SSSR count). The summed E-state index contributed by atoms with van der Waals surface area (Å²) in [5.74, 6) is 0. The maximum atomic E-state index is 5.90. The van der Waals surface area contributed by atoms with Crippen LogP contribution in [0.4, 0.5) is 0 Å². The monoisotopic (exact) mass is 403 g/mol. The largest absolute Gasteiger partial charge is 0.397 e. The van der Waals surface area contributed by atoms with Crippen molar-refractivity contribution in [3.8, 4) is 0 Å². The Balaban J connectivity index is 4.69. The van der Waals surface area contributed by atoms with Gasteiger partial charge in [0.05, 0.1) is 0 Å². The lowest BCUT2D eigenvalue weighted by atomic mass is 10.3. The van der Waals surface area contributed by atoms with Crippen LogP contribution in [-0.4, -0.2) is 96.0 Å². The molecule has 0 aromatic heterocycles. The van der Waals surface area contributed by atoms with Gasteiger partial charge in [-0.1, -0.05) is 34.6 Å². The zero-order valence-electron chi connectivity index (χ0n) is 19.6. The molecule has 0 aromatic rings. The van der Waals surface area contributed by atoms with Crippen LogP contribution in [0.3, 0.4) is 0 Å². The number of nitrogens with zero attached hydrogens (tertiary/aromatic N) is 3. The van der Waals surface area contributed by atoms with Crippen molar-refractivity contribution in [2.24, 2.45) is 0 Å². The van der Waals surface area contributed by atoms with E-state index >= 15 is 0 Å². The van der Waals surface area contributed by atoms with Gasteiger partial charge in [-0.15, -0.1) is 0 Å². The van der Waals surface area contributed by atoms with Crippen molar-refractivity contribution in [3.05, 3.63) is 0 Å². The van der Waals surface area contributed by atoms with E-state index in [1.807, 2.05) is 14.2 Å². The zero-order valence-corrected chi connectivity index (χ0v) is 20.6. The molecule has 0 saturated heterocycles. The van der Waals surface area contributed by atoms with Gasteiger partial charge in [-0.2, -0.15) is 0 Å². The molecule has 0 amide bonds. The Bertz CT molecular complexity index is 302. The second-order valence-corrected chi connectivity index (χ2v) is 11.2. The highest BCUT2D eigenvalue weighted by Crippen LogP contribution is 2.14. The summed E-state index contributed by atoms with van der Waals surface area (Å²) in [6, 6.07) is 1.00. The van der Waals surface area contributed by atoms with Gasteiger partial charge in [-0.3, -0.25) is 0 Å². The third kappa shape index (κ3) is 11.6. The summed E-state index contributed by atoms with van der Waals surface area (Å²) in [6.45, 7) is 20.7. The van der Waals surface area contributed by atoms with Gasteiger partial charge in [0, 0.05) is 20.4 Å². The van der Waals surface area contributed by atoms with E-state index in [0.29, 0.717) is 0 Å². The second kappa shape index (κ2) is 16.9. The van der Waals surface area contributed by atoms with Gasteiger partial charge in [0.2, 0.25) is 0 Å². The zero-order chi connectivity index (χ0) is 20.5. The van der Waals surface area contributed by atoms with Gasteiger partial charge in [0.15, 0.2) is 0 Å². The van der Waals surface area contributed by atoms with E-state index in [9.17, 15) is 0 Å². The SMILES string of the molecule is CCCN(CC)CCCN(CCCN(CC)CCC)C[Si](CC)(OC)OC. The van der Waals surface area contributed by atoms with Crippen molar-refractivity contribution in [2.75, 3.05) is 72.7 Å². The third-order valence-corrected chi connectivity index (χ3v) is 9.11. The first-order valence-electron chi connectivity index (χ1n) is 11.3. The second-order valence-electron chi connectivity index (χ2n) is 7.52. The van der Waals surface area contributed by atoms with Gasteiger partial charge in [-0.25, -0.2) is 0 Å². The van der Waals surface area contributed by atoms with Crippen LogP contribution in [0.1, 0.15) is 60.3 Å². The van der Waals surface area contributed by atoms with Gasteiger partial charge in [-0.05, 0) is 84.1 Å². The molecule has 0 fully saturated rings. The summed E-state index contributed by atoms with van der Waals surface area (Å²) in [7, 11) is 1.58. The number of hydrogen-bond donors (Lipinski definition) is 0. The molecular formula is C21H49N3O2Si. The van der Waals surface area contributed by atoms with Crippen molar-refractivity contribution in [1.82, 2.24) is 14.7 Å². The molecular weight excluding hydrogens is 354 g/mol. The highest BCUT2D eigenvalue weighted by molar-refractivity contribution is 6.67. The quantitative estimate of drug-likeness (QED) is 0.306. The van der Waals surface area contributed by atoms with E-state index in [4.69, 9.17) is 8.85 Å². The fourth-order valence-corrected chi connectivity index (χ4v) is 5.97. The van der Waals surface area contributed by atoms with Crippen LogP contribution in [0, 0.1) is 0 Å². The first kappa shape index (κ1) is 27.0. The fraction of sp³-hybridized carbons (Fsp3) is 1.00. The van der Waals surface area contributed by atoms with Crippen LogP contribution >= 0.6 is 0 Å². The Labute approximate surface area is 171 Å². The van der Waals surface area contributed by atoms with E-state index in [1.54, 1.807) is 0 Å². The molecule has 0 unspecified atom stereocenters. The molecule has 0 heterocycles. The molecule has 0 aliphatic heterocycles. The number of rotatable bonds is 19. The Kier molecular flexibility index (Phi) is 16.9. The molecule has 0 bridgehead atoms. The summed E-state index contributed by atoms with van der Waals surface area (Å²) in [6.07, 6.45) is 5.90. The van der Waals surface area contributed by atoms with Crippen molar-refractivity contribution in [2.45, 2.75) is 66.3 Å². The first-order chi connectivity index (χ1) is 13.0. The molecule has 164 valence electrons. The van der Waals surface area contributed by atoms with E-state index in [-0.39, 0.29) is 0 Å². The standard InChI is InChI=1S/C21H49N3O2Si/c1-8-15-22(10-3)17-13-19-24(21-27(12-5,25-6)26-7)20-14-18-23(11-4)16-9-2/h8-21H2,1-7H3. The smallest absolute Gasteiger partial charge is 0.351 e. The molecule has 0 N–H and O–H groups in total. The Morgan fingerprint density at radius 3 is 1.30 bits per heavy atom. The van der Waals surface area contributed by atoms with Crippen LogP contribution in [-0.2, 0) is 8.85 Å². The summed E-state index contributed by atoms with van der Waals surface area (Å²) in [4.78, 5) is 7.74. The Hall–Kier alpha value is 0.0169. The van der Waals surface area contributed by atoms with Crippen LogP contribution in [0.2, 0.25) is 6.04 Å². The summed E-state index contributed by atoms with van der Waals surface area (Å²) >= 11 is 0. The average Bonchev–Trinajstić information content (AvgIpc) is 2.70. The molecule has 27 heavy (non-hydrogen) atoms.